The van der Waals surface area contributed by atoms with Crippen molar-refractivity contribution in [1.29, 1.82) is 0 Å². The number of carbonyl (C=O) groups is 3. The lowest BCUT2D eigenvalue weighted by Crippen LogP contribution is -2.55. The lowest BCUT2D eigenvalue weighted by molar-refractivity contribution is -0.164. The number of carbonyl (C=O) groups excluding carboxylic acids is 2. The summed E-state index contributed by atoms with van der Waals surface area (Å²) in [7, 11) is 0. The summed E-state index contributed by atoms with van der Waals surface area (Å²) in [5.41, 5.74) is -1.32. The van der Waals surface area contributed by atoms with Crippen LogP contribution in [0.3, 0.4) is 0 Å². The predicted molar refractivity (Wildman–Crippen MR) is 67.8 cm³/mol. The van der Waals surface area contributed by atoms with Crippen molar-refractivity contribution in [2.45, 2.75) is 39.5 Å². The van der Waals surface area contributed by atoms with Crippen molar-refractivity contribution in [3.05, 3.63) is 0 Å². The van der Waals surface area contributed by atoms with Crippen LogP contribution in [-0.2, 0) is 14.3 Å². The number of unbranched alkanes of at least 4 members (excludes halogenated alkanes) is 1. The average Bonchev–Trinajstić information content (AvgIpc) is 2.39. The second kappa shape index (κ2) is 6.54. The number of hydrogen-bond acceptors (Lipinski definition) is 4. The van der Waals surface area contributed by atoms with E-state index in [4.69, 9.17) is 9.84 Å². The summed E-state index contributed by atoms with van der Waals surface area (Å²) >= 11 is 0. The summed E-state index contributed by atoms with van der Waals surface area (Å²) in [6.07, 6.45) is 0.861. The van der Waals surface area contributed by atoms with Gasteiger partial charge in [0.25, 0.3) is 0 Å². The van der Waals surface area contributed by atoms with Crippen LogP contribution in [0.4, 0.5) is 4.79 Å². The Morgan fingerprint density at radius 2 is 2.11 bits per heavy atom. The van der Waals surface area contributed by atoms with Crippen molar-refractivity contribution in [1.82, 2.24) is 4.90 Å². The van der Waals surface area contributed by atoms with Crippen molar-refractivity contribution in [2.24, 2.45) is 5.41 Å². The van der Waals surface area contributed by atoms with Crippen LogP contribution in [-0.4, -0.2) is 47.5 Å². The third-order valence-electron chi connectivity index (χ3n) is 3.60. The second-order valence-corrected chi connectivity index (χ2v) is 4.80. The average molecular weight is 271 g/mol. The molecule has 108 valence electrons. The molecule has 1 heterocycles. The fourth-order valence-corrected chi connectivity index (χ4v) is 2.21. The van der Waals surface area contributed by atoms with E-state index >= 15 is 0 Å². The predicted octanol–water partition coefficient (Wildman–Crippen LogP) is 1.68. The first-order valence-electron chi connectivity index (χ1n) is 6.66. The first-order chi connectivity index (χ1) is 8.97. The molecule has 0 aliphatic carbocycles. The number of rotatable bonds is 5. The highest BCUT2D eigenvalue weighted by molar-refractivity contribution is 6.05. The van der Waals surface area contributed by atoms with Gasteiger partial charge in [0.1, 0.15) is 5.41 Å². The molecule has 19 heavy (non-hydrogen) atoms. The van der Waals surface area contributed by atoms with Gasteiger partial charge in [-0.25, -0.2) is 4.79 Å². The van der Waals surface area contributed by atoms with E-state index in [1.165, 1.54) is 0 Å². The molecule has 1 amide bonds. The molecular formula is C13H21NO5. The van der Waals surface area contributed by atoms with Gasteiger partial charge in [0.05, 0.1) is 6.61 Å². The highest BCUT2D eigenvalue weighted by Gasteiger charge is 2.50. The van der Waals surface area contributed by atoms with Gasteiger partial charge in [-0.15, -0.1) is 0 Å². The summed E-state index contributed by atoms with van der Waals surface area (Å²) in [4.78, 5) is 36.3. The minimum atomic E-state index is -1.32. The molecular weight excluding hydrogens is 250 g/mol. The fourth-order valence-electron chi connectivity index (χ4n) is 2.21. The molecule has 0 saturated carbocycles. The van der Waals surface area contributed by atoms with Crippen LogP contribution in [0.2, 0.25) is 0 Å². The van der Waals surface area contributed by atoms with Gasteiger partial charge >= 0.3 is 12.1 Å². The molecule has 0 radical (unpaired) electrons. The van der Waals surface area contributed by atoms with E-state index in [1.807, 2.05) is 6.92 Å². The molecule has 6 nitrogen and oxygen atoms in total. The van der Waals surface area contributed by atoms with Gasteiger partial charge in [-0.05, 0) is 12.8 Å². The Morgan fingerprint density at radius 1 is 1.42 bits per heavy atom. The molecule has 0 aromatic carbocycles. The van der Waals surface area contributed by atoms with E-state index in [0.29, 0.717) is 0 Å². The standard InChI is InChI=1S/C13H21NO5/c1-3-5-8-19-11(16)13(4-2)9-14(12(17)18)7-6-10(13)15/h3-9H2,1-2H3,(H,17,18). The summed E-state index contributed by atoms with van der Waals surface area (Å²) in [5.74, 6) is -0.798. The number of amides is 1. The number of likely N-dealkylation sites (tertiary alicyclic amines) is 1. The topological polar surface area (TPSA) is 83.9 Å². The van der Waals surface area contributed by atoms with E-state index in [2.05, 4.69) is 0 Å². The van der Waals surface area contributed by atoms with E-state index in [9.17, 15) is 14.4 Å². The molecule has 1 atom stereocenters. The largest absolute Gasteiger partial charge is 0.465 e. The SMILES string of the molecule is CCCCOC(=O)C1(CC)CN(C(=O)O)CCC1=O. The zero-order chi connectivity index (χ0) is 14.5. The van der Waals surface area contributed by atoms with Gasteiger partial charge in [0.2, 0.25) is 0 Å². The molecule has 1 N–H and O–H groups in total. The van der Waals surface area contributed by atoms with E-state index in [-0.39, 0.29) is 38.3 Å². The molecule has 1 fully saturated rings. The highest BCUT2D eigenvalue weighted by atomic mass is 16.5. The molecule has 0 bridgehead atoms. The molecule has 1 saturated heterocycles. The van der Waals surface area contributed by atoms with Crippen LogP contribution in [0.1, 0.15) is 39.5 Å². The van der Waals surface area contributed by atoms with Crippen molar-refractivity contribution < 1.29 is 24.2 Å². The Labute approximate surface area is 112 Å². The maximum atomic E-state index is 12.1. The van der Waals surface area contributed by atoms with E-state index < -0.39 is 17.5 Å². The molecule has 1 rings (SSSR count). The van der Waals surface area contributed by atoms with Crippen molar-refractivity contribution in [3.63, 3.8) is 0 Å². The lowest BCUT2D eigenvalue weighted by Gasteiger charge is -2.37. The minimum Gasteiger partial charge on any atom is -0.465 e. The Bertz CT molecular complexity index is 368. The summed E-state index contributed by atoms with van der Waals surface area (Å²) in [6, 6.07) is 0. The second-order valence-electron chi connectivity index (χ2n) is 4.80. The normalized spacial score (nSPS) is 23.3. The maximum absolute atomic E-state index is 12.1. The Kier molecular flexibility index (Phi) is 5.32. The molecule has 0 aromatic heterocycles. The van der Waals surface area contributed by atoms with Crippen LogP contribution in [0.15, 0.2) is 0 Å². The van der Waals surface area contributed by atoms with Gasteiger partial charge in [-0.3, -0.25) is 9.59 Å². The smallest absolute Gasteiger partial charge is 0.407 e. The van der Waals surface area contributed by atoms with Crippen molar-refractivity contribution in [3.8, 4) is 0 Å². The van der Waals surface area contributed by atoms with Crippen LogP contribution in [0.25, 0.3) is 0 Å². The van der Waals surface area contributed by atoms with Crippen LogP contribution < -0.4 is 0 Å². The maximum Gasteiger partial charge on any atom is 0.407 e. The van der Waals surface area contributed by atoms with Gasteiger partial charge in [-0.1, -0.05) is 20.3 Å². The molecule has 1 unspecified atom stereocenters. The quantitative estimate of drug-likeness (QED) is 0.467. The van der Waals surface area contributed by atoms with Gasteiger partial charge in [0.15, 0.2) is 5.78 Å². The Morgan fingerprint density at radius 3 is 2.63 bits per heavy atom. The van der Waals surface area contributed by atoms with Crippen molar-refractivity contribution >= 4 is 17.8 Å². The van der Waals surface area contributed by atoms with E-state index in [1.54, 1.807) is 6.92 Å². The number of piperidine rings is 1. The lowest BCUT2D eigenvalue weighted by atomic mass is 9.76. The molecule has 0 aromatic rings. The Balaban J connectivity index is 2.83. The summed E-state index contributed by atoms with van der Waals surface area (Å²) in [5, 5.41) is 9.01. The monoisotopic (exact) mass is 271 g/mol. The van der Waals surface area contributed by atoms with Gasteiger partial charge < -0.3 is 14.7 Å². The first kappa shape index (κ1) is 15.5. The minimum absolute atomic E-state index is 0.0724. The molecule has 1 aliphatic heterocycles. The first-order valence-corrected chi connectivity index (χ1v) is 6.66. The number of nitrogens with zero attached hydrogens (tertiary/aromatic N) is 1. The Hall–Kier alpha value is -1.59. The van der Waals surface area contributed by atoms with Crippen LogP contribution in [0.5, 0.6) is 0 Å². The molecule has 1 aliphatic rings. The summed E-state index contributed by atoms with van der Waals surface area (Å²) in [6.45, 7) is 4.02. The number of ketones is 1. The number of hydrogen-bond donors (Lipinski definition) is 1. The van der Waals surface area contributed by atoms with Gasteiger partial charge in [-0.2, -0.15) is 0 Å². The summed E-state index contributed by atoms with van der Waals surface area (Å²) < 4.78 is 5.14. The third-order valence-corrected chi connectivity index (χ3v) is 3.60. The number of Topliss-reactive ketones (excluding diaryl/α,β-unsaturated/α-hetero) is 1. The number of ether oxygens (including phenoxy) is 1. The molecule has 0 spiro atoms. The zero-order valence-electron chi connectivity index (χ0n) is 11.5. The van der Waals surface area contributed by atoms with Crippen LogP contribution >= 0.6 is 0 Å². The van der Waals surface area contributed by atoms with E-state index in [0.717, 1.165) is 17.7 Å². The zero-order valence-corrected chi connectivity index (χ0v) is 11.5. The third kappa shape index (κ3) is 3.24. The van der Waals surface area contributed by atoms with Gasteiger partial charge in [0, 0.05) is 19.5 Å². The molecule has 6 heteroatoms. The highest BCUT2D eigenvalue weighted by Crippen LogP contribution is 2.32. The number of esters is 1. The van der Waals surface area contributed by atoms with Crippen LogP contribution in [0, 0.1) is 5.41 Å². The number of carboxylic acid groups (broad SMARTS) is 1. The van der Waals surface area contributed by atoms with Crippen molar-refractivity contribution in [2.75, 3.05) is 19.7 Å². The fraction of sp³-hybridized carbons (Fsp3) is 0.769.